The molecule has 6 heteroatoms. The van der Waals surface area contributed by atoms with E-state index in [4.69, 9.17) is 12.2 Å². The number of rotatable bonds is 3. The number of anilines is 1. The molecule has 3 aromatic rings. The lowest BCUT2D eigenvalue weighted by Gasteiger charge is -2.31. The molecule has 1 heterocycles. The van der Waals surface area contributed by atoms with Crippen molar-refractivity contribution in [3.05, 3.63) is 83.1 Å². The van der Waals surface area contributed by atoms with Crippen LogP contribution < -0.4 is 16.0 Å². The Kier molecular flexibility index (Phi) is 4.94. The Morgan fingerprint density at radius 3 is 2.66 bits per heavy atom. The molecule has 0 bridgehead atoms. The van der Waals surface area contributed by atoms with Gasteiger partial charge in [0.05, 0.1) is 11.6 Å². The van der Waals surface area contributed by atoms with Gasteiger partial charge >= 0.3 is 0 Å². The number of nitrogens with one attached hydrogen (secondary N) is 3. The molecule has 3 aromatic carbocycles. The number of phenols is 1. The molecule has 1 amide bonds. The maximum absolute atomic E-state index is 13.3. The van der Waals surface area contributed by atoms with E-state index in [9.17, 15) is 9.90 Å². The number of fused-ring (bicyclic) bond motifs is 1. The van der Waals surface area contributed by atoms with Crippen molar-refractivity contribution in [1.29, 1.82) is 0 Å². The molecule has 1 atom stereocenters. The topological polar surface area (TPSA) is 73.4 Å². The number of hydrogen-bond donors (Lipinski definition) is 4. The molecule has 5 nitrogen and oxygen atoms in total. The zero-order valence-electron chi connectivity index (χ0n) is 16.1. The van der Waals surface area contributed by atoms with E-state index in [-0.39, 0.29) is 11.7 Å². The van der Waals surface area contributed by atoms with Crippen molar-refractivity contribution in [3.63, 3.8) is 0 Å². The third kappa shape index (κ3) is 3.67. The maximum atomic E-state index is 13.3. The van der Waals surface area contributed by atoms with Gasteiger partial charge in [0.25, 0.3) is 5.91 Å². The van der Waals surface area contributed by atoms with E-state index in [1.165, 1.54) is 0 Å². The van der Waals surface area contributed by atoms with Crippen molar-refractivity contribution < 1.29 is 9.90 Å². The first kappa shape index (κ1) is 19.0. The van der Waals surface area contributed by atoms with Crippen LogP contribution in [0.25, 0.3) is 10.8 Å². The smallest absolute Gasteiger partial charge is 0.255 e. The second-order valence-corrected chi connectivity index (χ2v) is 7.52. The standard InChI is InChI=1S/C23H21N3O2S/c1-13-6-5-8-16(12-13)25-22(28)19-14(2)24-23(29)26-21(19)20-17-9-4-3-7-15(17)10-11-18(20)27/h3-12,21,27H,1-2H3,(H,25,28)(H2,24,26,29)/t21-/m0/s1. The van der Waals surface area contributed by atoms with Gasteiger partial charge in [-0.2, -0.15) is 0 Å². The Hall–Kier alpha value is -3.38. The van der Waals surface area contributed by atoms with Crippen LogP contribution in [0.2, 0.25) is 0 Å². The Morgan fingerprint density at radius 1 is 1.07 bits per heavy atom. The average Bonchev–Trinajstić information content (AvgIpc) is 2.67. The van der Waals surface area contributed by atoms with Crippen molar-refractivity contribution >= 4 is 39.7 Å². The summed E-state index contributed by atoms with van der Waals surface area (Å²) >= 11 is 5.34. The zero-order valence-corrected chi connectivity index (χ0v) is 16.9. The quantitative estimate of drug-likeness (QED) is 0.491. The lowest BCUT2D eigenvalue weighted by atomic mass is 9.90. The van der Waals surface area contributed by atoms with Crippen LogP contribution in [-0.2, 0) is 4.79 Å². The molecule has 146 valence electrons. The summed E-state index contributed by atoms with van der Waals surface area (Å²) in [4.78, 5) is 13.3. The number of hydrogen-bond acceptors (Lipinski definition) is 3. The Bertz CT molecular complexity index is 1170. The van der Waals surface area contributed by atoms with Crippen molar-refractivity contribution in [2.45, 2.75) is 19.9 Å². The van der Waals surface area contributed by atoms with Gasteiger partial charge < -0.3 is 21.1 Å². The molecule has 29 heavy (non-hydrogen) atoms. The summed E-state index contributed by atoms with van der Waals surface area (Å²) in [5, 5.41) is 22.1. The number of allylic oxidation sites excluding steroid dienone is 1. The molecule has 0 spiro atoms. The summed E-state index contributed by atoms with van der Waals surface area (Å²) in [5.41, 5.74) is 3.52. The van der Waals surface area contributed by atoms with Crippen LogP contribution in [0.5, 0.6) is 5.75 Å². The molecular formula is C23H21N3O2S. The molecule has 0 aromatic heterocycles. The number of aromatic hydroxyl groups is 1. The molecule has 0 radical (unpaired) electrons. The van der Waals surface area contributed by atoms with E-state index in [0.717, 1.165) is 16.3 Å². The van der Waals surface area contributed by atoms with Gasteiger partial charge in [0.2, 0.25) is 0 Å². The fourth-order valence-electron chi connectivity index (χ4n) is 3.72. The van der Waals surface area contributed by atoms with Gasteiger partial charge in [-0.05, 0) is 60.6 Å². The predicted octanol–water partition coefficient (Wildman–Crippen LogP) is 4.29. The molecule has 0 unspecified atom stereocenters. The Morgan fingerprint density at radius 2 is 1.86 bits per heavy atom. The van der Waals surface area contributed by atoms with Gasteiger partial charge in [-0.15, -0.1) is 0 Å². The van der Waals surface area contributed by atoms with Crippen LogP contribution in [0.3, 0.4) is 0 Å². The third-order valence-corrected chi connectivity index (χ3v) is 5.25. The highest BCUT2D eigenvalue weighted by Gasteiger charge is 2.32. The zero-order chi connectivity index (χ0) is 20.5. The van der Waals surface area contributed by atoms with Crippen LogP contribution in [-0.4, -0.2) is 16.1 Å². The molecule has 0 saturated heterocycles. The normalized spacial score (nSPS) is 16.3. The summed E-state index contributed by atoms with van der Waals surface area (Å²) in [6.07, 6.45) is 0. The maximum Gasteiger partial charge on any atom is 0.255 e. The number of amides is 1. The molecule has 4 rings (SSSR count). The summed E-state index contributed by atoms with van der Waals surface area (Å²) in [6, 6.07) is 18.3. The van der Waals surface area contributed by atoms with Crippen LogP contribution in [0.4, 0.5) is 5.69 Å². The van der Waals surface area contributed by atoms with Crippen molar-refractivity contribution in [2.75, 3.05) is 5.32 Å². The van der Waals surface area contributed by atoms with E-state index in [1.807, 2.05) is 68.4 Å². The molecular weight excluding hydrogens is 382 g/mol. The molecule has 0 saturated carbocycles. The van der Waals surface area contributed by atoms with Gasteiger partial charge in [0.1, 0.15) is 5.75 Å². The molecule has 1 aliphatic rings. The number of carbonyl (C=O) groups is 1. The van der Waals surface area contributed by atoms with E-state index in [1.54, 1.807) is 6.07 Å². The van der Waals surface area contributed by atoms with Crippen molar-refractivity contribution in [1.82, 2.24) is 10.6 Å². The minimum Gasteiger partial charge on any atom is -0.508 e. The predicted molar refractivity (Wildman–Crippen MR) is 120 cm³/mol. The molecule has 4 N–H and O–H groups in total. The van der Waals surface area contributed by atoms with Gasteiger partial charge in [0.15, 0.2) is 5.11 Å². The van der Waals surface area contributed by atoms with E-state index in [0.29, 0.717) is 27.6 Å². The fraction of sp³-hybridized carbons (Fsp3) is 0.130. The highest BCUT2D eigenvalue weighted by atomic mass is 32.1. The summed E-state index contributed by atoms with van der Waals surface area (Å²) in [5.74, 6) is -0.146. The second kappa shape index (κ2) is 7.56. The molecule has 0 fully saturated rings. The monoisotopic (exact) mass is 403 g/mol. The largest absolute Gasteiger partial charge is 0.508 e. The number of aryl methyl sites for hydroxylation is 1. The first-order valence-corrected chi connectivity index (χ1v) is 9.72. The van der Waals surface area contributed by atoms with Crippen molar-refractivity contribution in [3.8, 4) is 5.75 Å². The van der Waals surface area contributed by atoms with Gasteiger partial charge in [-0.3, -0.25) is 4.79 Å². The average molecular weight is 404 g/mol. The van der Waals surface area contributed by atoms with Crippen molar-refractivity contribution in [2.24, 2.45) is 0 Å². The van der Waals surface area contributed by atoms with E-state index < -0.39 is 6.04 Å². The van der Waals surface area contributed by atoms with Crippen LogP contribution in [0.15, 0.2) is 71.9 Å². The third-order valence-electron chi connectivity index (χ3n) is 5.03. The lowest BCUT2D eigenvalue weighted by Crippen LogP contribution is -2.45. The number of benzene rings is 3. The highest BCUT2D eigenvalue weighted by Crippen LogP contribution is 2.38. The number of phenolic OH excluding ortho intramolecular Hbond substituents is 1. The minimum atomic E-state index is -0.584. The molecule has 0 aliphatic carbocycles. The minimum absolute atomic E-state index is 0.111. The first-order chi connectivity index (χ1) is 13.9. The first-order valence-electron chi connectivity index (χ1n) is 9.31. The van der Waals surface area contributed by atoms with E-state index >= 15 is 0 Å². The summed E-state index contributed by atoms with van der Waals surface area (Å²) < 4.78 is 0. The summed E-state index contributed by atoms with van der Waals surface area (Å²) in [7, 11) is 0. The highest BCUT2D eigenvalue weighted by molar-refractivity contribution is 7.80. The van der Waals surface area contributed by atoms with Crippen LogP contribution in [0.1, 0.15) is 24.1 Å². The Balaban J connectivity index is 1.82. The summed E-state index contributed by atoms with van der Waals surface area (Å²) in [6.45, 7) is 3.78. The SMILES string of the molecule is CC1=C(C(=O)Nc2cccc(C)c2)[C@@H](c2c(O)ccc3ccccc23)NC(=S)N1. The second-order valence-electron chi connectivity index (χ2n) is 7.11. The fourth-order valence-corrected chi connectivity index (χ4v) is 3.99. The Labute approximate surface area is 174 Å². The number of thiocarbonyl (C=S) groups is 1. The van der Waals surface area contributed by atoms with Gasteiger partial charge in [-0.1, -0.05) is 42.5 Å². The molecule has 1 aliphatic heterocycles. The lowest BCUT2D eigenvalue weighted by molar-refractivity contribution is -0.113. The van der Waals surface area contributed by atoms with Crippen LogP contribution in [0, 0.1) is 6.92 Å². The number of carbonyl (C=O) groups excluding carboxylic acids is 1. The van der Waals surface area contributed by atoms with E-state index in [2.05, 4.69) is 16.0 Å². The van der Waals surface area contributed by atoms with Gasteiger partial charge in [-0.25, -0.2) is 0 Å². The van der Waals surface area contributed by atoms with Gasteiger partial charge in [0, 0.05) is 16.9 Å². The van der Waals surface area contributed by atoms with Crippen LogP contribution >= 0.6 is 12.2 Å².